The molecule has 0 saturated heterocycles. The molecule has 0 aliphatic heterocycles. The van der Waals surface area contributed by atoms with Gasteiger partial charge in [0.05, 0.1) is 5.39 Å². The molecule has 3 rings (SSSR count). The quantitative estimate of drug-likeness (QED) is 0.723. The first-order valence-corrected chi connectivity index (χ1v) is 7.90. The van der Waals surface area contributed by atoms with Crippen molar-refractivity contribution in [1.82, 2.24) is 9.97 Å². The van der Waals surface area contributed by atoms with Crippen LogP contribution in [0.15, 0.2) is 30.3 Å². The van der Waals surface area contributed by atoms with Gasteiger partial charge >= 0.3 is 0 Å². The van der Waals surface area contributed by atoms with Gasteiger partial charge in [0.2, 0.25) is 5.95 Å². The van der Waals surface area contributed by atoms with Gasteiger partial charge in [0.15, 0.2) is 0 Å². The van der Waals surface area contributed by atoms with E-state index in [1.807, 2.05) is 31.2 Å². The molecule has 0 amide bonds. The normalized spacial score (nSPS) is 10.8. The largest absolute Gasteiger partial charge is 0.354 e. The summed E-state index contributed by atoms with van der Waals surface area (Å²) in [5, 5.41) is 8.26. The predicted octanol–water partition coefficient (Wildman–Crippen LogP) is 4.83. The molecule has 0 aliphatic carbocycles. The van der Waals surface area contributed by atoms with Crippen LogP contribution in [0.4, 0.5) is 17.5 Å². The van der Waals surface area contributed by atoms with E-state index < -0.39 is 0 Å². The Balaban J connectivity index is 2.04. The molecule has 21 heavy (non-hydrogen) atoms. The summed E-state index contributed by atoms with van der Waals surface area (Å²) in [6.07, 6.45) is 0. The first-order chi connectivity index (χ1) is 10.2. The van der Waals surface area contributed by atoms with Gasteiger partial charge < -0.3 is 10.6 Å². The Labute approximate surface area is 132 Å². The van der Waals surface area contributed by atoms with Crippen LogP contribution in [0.25, 0.3) is 10.2 Å². The van der Waals surface area contributed by atoms with Crippen molar-refractivity contribution in [3.63, 3.8) is 0 Å². The van der Waals surface area contributed by atoms with E-state index in [2.05, 4.69) is 33.6 Å². The number of aromatic nitrogens is 2. The average molecular weight is 319 g/mol. The van der Waals surface area contributed by atoms with Crippen molar-refractivity contribution in [2.24, 2.45) is 0 Å². The highest BCUT2D eigenvalue weighted by atomic mass is 35.5. The Hall–Kier alpha value is -1.85. The molecule has 0 unspecified atom stereocenters. The second kappa shape index (κ2) is 5.87. The molecule has 0 aliphatic rings. The van der Waals surface area contributed by atoms with E-state index in [0.717, 1.165) is 28.3 Å². The minimum Gasteiger partial charge on any atom is -0.354 e. The van der Waals surface area contributed by atoms with Gasteiger partial charge in [-0.2, -0.15) is 4.98 Å². The minimum absolute atomic E-state index is 0.642. The summed E-state index contributed by atoms with van der Waals surface area (Å²) in [6.45, 7) is 4.89. The van der Waals surface area contributed by atoms with E-state index in [0.29, 0.717) is 11.0 Å². The highest BCUT2D eigenvalue weighted by molar-refractivity contribution is 7.18. The van der Waals surface area contributed by atoms with Crippen molar-refractivity contribution in [3.05, 3.63) is 40.2 Å². The highest BCUT2D eigenvalue weighted by Gasteiger charge is 2.10. The molecule has 3 aromatic rings. The van der Waals surface area contributed by atoms with E-state index in [9.17, 15) is 0 Å². The Morgan fingerprint density at radius 3 is 2.67 bits per heavy atom. The van der Waals surface area contributed by atoms with Crippen molar-refractivity contribution < 1.29 is 0 Å². The van der Waals surface area contributed by atoms with Crippen LogP contribution in [0.2, 0.25) is 5.02 Å². The molecule has 6 heteroatoms. The van der Waals surface area contributed by atoms with E-state index >= 15 is 0 Å². The maximum atomic E-state index is 5.92. The van der Waals surface area contributed by atoms with Gasteiger partial charge in [-0.05, 0) is 44.2 Å². The van der Waals surface area contributed by atoms with Gasteiger partial charge in [0.1, 0.15) is 10.6 Å². The number of nitrogens with zero attached hydrogens (tertiary/aromatic N) is 2. The van der Waals surface area contributed by atoms with Crippen LogP contribution < -0.4 is 10.6 Å². The molecular formula is C15H15ClN4S. The number of aryl methyl sites for hydroxylation is 1. The third kappa shape index (κ3) is 3.09. The lowest BCUT2D eigenvalue weighted by Crippen LogP contribution is -2.04. The van der Waals surface area contributed by atoms with Crippen molar-refractivity contribution in [1.29, 1.82) is 0 Å². The van der Waals surface area contributed by atoms with Crippen LogP contribution in [0, 0.1) is 6.92 Å². The van der Waals surface area contributed by atoms with Gasteiger partial charge in [-0.25, -0.2) is 4.98 Å². The molecule has 2 N–H and O–H groups in total. The molecule has 0 atom stereocenters. The Kier molecular flexibility index (Phi) is 3.94. The Bertz CT molecular complexity index is 767. The van der Waals surface area contributed by atoms with Crippen molar-refractivity contribution >= 4 is 50.6 Å². The van der Waals surface area contributed by atoms with Crippen LogP contribution in [-0.4, -0.2) is 16.5 Å². The predicted molar refractivity (Wildman–Crippen MR) is 91.1 cm³/mol. The van der Waals surface area contributed by atoms with Crippen molar-refractivity contribution in [3.8, 4) is 0 Å². The van der Waals surface area contributed by atoms with Crippen LogP contribution in [-0.2, 0) is 0 Å². The fraction of sp³-hybridized carbons (Fsp3) is 0.200. The second-order valence-electron chi connectivity index (χ2n) is 4.63. The summed E-state index contributed by atoms with van der Waals surface area (Å²) in [6, 6.07) is 9.68. The molecule has 1 aromatic carbocycles. The number of fused-ring (bicyclic) bond motifs is 1. The summed E-state index contributed by atoms with van der Waals surface area (Å²) >= 11 is 7.58. The topological polar surface area (TPSA) is 49.8 Å². The number of benzene rings is 1. The Morgan fingerprint density at radius 1 is 1.19 bits per heavy atom. The molecule has 0 saturated carbocycles. The van der Waals surface area contributed by atoms with Gasteiger partial charge in [0.25, 0.3) is 0 Å². The molecule has 0 spiro atoms. The number of halogens is 1. The molecule has 2 heterocycles. The number of thiophene rings is 1. The zero-order valence-corrected chi connectivity index (χ0v) is 13.3. The van der Waals surface area contributed by atoms with Gasteiger partial charge in [-0.1, -0.05) is 11.6 Å². The monoisotopic (exact) mass is 318 g/mol. The number of rotatable bonds is 4. The third-order valence-electron chi connectivity index (χ3n) is 2.96. The standard InChI is InChI=1S/C15H15ClN4S/c1-3-17-15-19-13(12-8-9(2)21-14(12)20-15)18-11-6-4-10(16)5-7-11/h4-8H,3H2,1-2H3,(H2,17,18,19,20). The highest BCUT2D eigenvalue weighted by Crippen LogP contribution is 2.31. The Morgan fingerprint density at radius 2 is 1.95 bits per heavy atom. The lowest BCUT2D eigenvalue weighted by Gasteiger charge is -2.09. The molecular weight excluding hydrogens is 304 g/mol. The molecule has 0 fully saturated rings. The second-order valence-corrected chi connectivity index (χ2v) is 6.31. The van der Waals surface area contributed by atoms with Crippen molar-refractivity contribution in [2.75, 3.05) is 17.2 Å². The lowest BCUT2D eigenvalue weighted by atomic mass is 10.3. The van der Waals surface area contributed by atoms with Crippen LogP contribution in [0.3, 0.4) is 0 Å². The average Bonchev–Trinajstić information content (AvgIpc) is 2.82. The zero-order chi connectivity index (χ0) is 14.8. The van der Waals surface area contributed by atoms with Crippen molar-refractivity contribution in [2.45, 2.75) is 13.8 Å². The number of hydrogen-bond donors (Lipinski definition) is 2. The lowest BCUT2D eigenvalue weighted by molar-refractivity contribution is 1.11. The van der Waals surface area contributed by atoms with Crippen LogP contribution in [0.1, 0.15) is 11.8 Å². The van der Waals surface area contributed by atoms with Gasteiger partial charge in [0, 0.05) is 22.1 Å². The van der Waals surface area contributed by atoms with E-state index in [-0.39, 0.29) is 0 Å². The smallest absolute Gasteiger partial charge is 0.226 e. The molecule has 0 radical (unpaired) electrons. The van der Waals surface area contributed by atoms with Gasteiger partial charge in [-0.3, -0.25) is 0 Å². The number of hydrogen-bond acceptors (Lipinski definition) is 5. The number of nitrogens with one attached hydrogen (secondary N) is 2. The maximum Gasteiger partial charge on any atom is 0.226 e. The van der Waals surface area contributed by atoms with E-state index in [1.165, 1.54) is 4.88 Å². The SMILES string of the molecule is CCNc1nc(Nc2ccc(Cl)cc2)c2cc(C)sc2n1. The summed E-state index contributed by atoms with van der Waals surface area (Å²) in [5.74, 6) is 1.45. The van der Waals surface area contributed by atoms with Crippen LogP contribution in [0.5, 0.6) is 0 Å². The molecule has 4 nitrogen and oxygen atoms in total. The maximum absolute atomic E-state index is 5.92. The van der Waals surface area contributed by atoms with E-state index in [4.69, 9.17) is 11.6 Å². The first-order valence-electron chi connectivity index (χ1n) is 6.70. The van der Waals surface area contributed by atoms with Gasteiger partial charge in [-0.15, -0.1) is 11.3 Å². The number of anilines is 3. The summed E-state index contributed by atoms with van der Waals surface area (Å²) < 4.78 is 0. The molecule has 108 valence electrons. The third-order valence-corrected chi connectivity index (χ3v) is 4.15. The molecule has 0 bridgehead atoms. The fourth-order valence-corrected chi connectivity index (χ4v) is 3.05. The molecule has 2 aromatic heterocycles. The van der Waals surface area contributed by atoms with Crippen LogP contribution >= 0.6 is 22.9 Å². The fourth-order valence-electron chi connectivity index (χ4n) is 2.04. The summed E-state index contributed by atoms with van der Waals surface area (Å²) in [5.41, 5.74) is 0.950. The van der Waals surface area contributed by atoms with E-state index in [1.54, 1.807) is 11.3 Å². The zero-order valence-electron chi connectivity index (χ0n) is 11.8. The summed E-state index contributed by atoms with van der Waals surface area (Å²) in [4.78, 5) is 11.3. The first kappa shape index (κ1) is 14.1. The summed E-state index contributed by atoms with van der Waals surface area (Å²) in [7, 11) is 0. The minimum atomic E-state index is 0.642.